The van der Waals surface area contributed by atoms with Gasteiger partial charge in [0.2, 0.25) is 0 Å². The number of hydrogen-bond acceptors (Lipinski definition) is 6. The molecule has 0 heterocycles. The number of hydrogen-bond donors (Lipinski definition) is 0. The maximum atomic E-state index is 12.9. The van der Waals surface area contributed by atoms with Crippen LogP contribution in [-0.4, -0.2) is 37.2 Å². The average molecular weight is 1000 g/mol. The summed E-state index contributed by atoms with van der Waals surface area (Å²) in [6.45, 7) is 6.39. The van der Waals surface area contributed by atoms with Crippen molar-refractivity contribution in [3.63, 3.8) is 0 Å². The second-order valence-electron chi connectivity index (χ2n) is 19.5. The Morgan fingerprint density at radius 1 is 0.292 bits per heavy atom. The molecule has 6 nitrogen and oxygen atoms in total. The van der Waals surface area contributed by atoms with Crippen molar-refractivity contribution in [3.05, 3.63) is 109 Å². The molecule has 0 aromatic heterocycles. The molecule has 0 amide bonds. The third-order valence-electron chi connectivity index (χ3n) is 12.5. The lowest BCUT2D eigenvalue weighted by Gasteiger charge is -2.18. The van der Waals surface area contributed by atoms with Crippen LogP contribution in [0.1, 0.15) is 271 Å². The molecular weight excluding hydrogens is 889 g/mol. The van der Waals surface area contributed by atoms with Crippen LogP contribution in [0.2, 0.25) is 0 Å². The molecule has 72 heavy (non-hydrogen) atoms. The minimum absolute atomic E-state index is 0.0940. The van der Waals surface area contributed by atoms with Gasteiger partial charge in [0.25, 0.3) is 0 Å². The topological polar surface area (TPSA) is 78.9 Å². The lowest BCUT2D eigenvalue weighted by atomic mass is 10.0. The Hall–Kier alpha value is -3.93. The maximum Gasteiger partial charge on any atom is 0.306 e. The standard InChI is InChI=1S/C66H110O6/c1-4-7-10-13-16-19-22-25-28-31-33-35-38-41-44-47-50-53-56-59-65(68)71-62-63(61-70-64(67)58-55-52-49-46-43-40-37-30-27-24-21-18-15-12-9-6-3)72-66(69)60-57-54-51-48-45-42-39-36-34-32-29-26-23-20-17-14-11-8-5-2/h7-8,10-11,16-17,19-20,25-26,28-29,33-36,41,44,63H,4-6,9,12-15,18,21-24,27,30-32,37-40,42-43,45-62H2,1-3H3/b10-7-,11-8-,19-16-,20-17-,28-25-,29-26-,35-33-,36-34-,44-41-. The normalized spacial score (nSPS) is 12.9. The molecule has 0 aliphatic rings. The maximum absolute atomic E-state index is 12.9. The van der Waals surface area contributed by atoms with Crippen LogP contribution in [0.15, 0.2) is 109 Å². The number of carbonyl (C=O) groups is 3. The van der Waals surface area contributed by atoms with Gasteiger partial charge in [0, 0.05) is 19.3 Å². The van der Waals surface area contributed by atoms with Crippen molar-refractivity contribution in [2.75, 3.05) is 13.2 Å². The van der Waals surface area contributed by atoms with E-state index < -0.39 is 6.10 Å². The molecule has 0 rings (SSSR count). The first kappa shape index (κ1) is 68.1. The Morgan fingerprint density at radius 3 is 0.861 bits per heavy atom. The highest BCUT2D eigenvalue weighted by atomic mass is 16.6. The molecular formula is C66H110O6. The van der Waals surface area contributed by atoms with E-state index in [9.17, 15) is 14.4 Å². The van der Waals surface area contributed by atoms with E-state index >= 15 is 0 Å². The van der Waals surface area contributed by atoms with Crippen LogP contribution in [0.4, 0.5) is 0 Å². The van der Waals surface area contributed by atoms with E-state index in [2.05, 4.69) is 130 Å². The number of unbranched alkanes of at least 4 members (excludes halogenated alkanes) is 24. The van der Waals surface area contributed by atoms with Gasteiger partial charge in [0.15, 0.2) is 6.10 Å². The molecule has 0 N–H and O–H groups in total. The fourth-order valence-corrected chi connectivity index (χ4v) is 8.11. The number of carbonyl (C=O) groups excluding carboxylic acids is 3. The smallest absolute Gasteiger partial charge is 0.306 e. The van der Waals surface area contributed by atoms with E-state index in [4.69, 9.17) is 14.2 Å². The van der Waals surface area contributed by atoms with E-state index in [0.717, 1.165) is 135 Å². The van der Waals surface area contributed by atoms with E-state index in [1.54, 1.807) is 0 Å². The number of rotatable bonds is 53. The monoisotopic (exact) mass is 999 g/mol. The van der Waals surface area contributed by atoms with Crippen LogP contribution in [0.3, 0.4) is 0 Å². The van der Waals surface area contributed by atoms with Crippen molar-refractivity contribution in [3.8, 4) is 0 Å². The SMILES string of the molecule is CC/C=C\C/C=C\C/C=C\C/C=C\C/C=C\CCCCCC(=O)OCC(COC(=O)CCCCCCCCCCCCCCCCCC)OC(=O)CCCCCCCC/C=C\C/C=C\C/C=C\C/C=C\CC. The summed E-state index contributed by atoms with van der Waals surface area (Å²) in [6, 6.07) is 0. The number of esters is 3. The molecule has 0 fully saturated rings. The van der Waals surface area contributed by atoms with Gasteiger partial charge in [-0.1, -0.05) is 259 Å². The zero-order valence-electron chi connectivity index (χ0n) is 46.9. The van der Waals surface area contributed by atoms with Crippen LogP contribution in [0.5, 0.6) is 0 Å². The van der Waals surface area contributed by atoms with Crippen molar-refractivity contribution in [2.45, 2.75) is 277 Å². The Labute approximate surface area is 444 Å². The van der Waals surface area contributed by atoms with Crippen LogP contribution >= 0.6 is 0 Å². The van der Waals surface area contributed by atoms with Crippen molar-refractivity contribution < 1.29 is 28.6 Å². The van der Waals surface area contributed by atoms with Crippen LogP contribution in [-0.2, 0) is 28.6 Å². The first-order valence-corrected chi connectivity index (χ1v) is 29.9. The second kappa shape index (κ2) is 59.6. The van der Waals surface area contributed by atoms with Crippen LogP contribution in [0, 0.1) is 0 Å². The second-order valence-corrected chi connectivity index (χ2v) is 19.5. The molecule has 0 aliphatic heterocycles. The Morgan fingerprint density at radius 2 is 0.542 bits per heavy atom. The predicted octanol–water partition coefficient (Wildman–Crippen LogP) is 20.3. The summed E-state index contributed by atoms with van der Waals surface area (Å²) in [5.74, 6) is -0.936. The van der Waals surface area contributed by atoms with Gasteiger partial charge in [-0.05, 0) is 103 Å². The van der Waals surface area contributed by atoms with Gasteiger partial charge in [0.1, 0.15) is 13.2 Å². The van der Waals surface area contributed by atoms with Crippen molar-refractivity contribution in [1.82, 2.24) is 0 Å². The summed E-state index contributed by atoms with van der Waals surface area (Å²) in [5.41, 5.74) is 0. The summed E-state index contributed by atoms with van der Waals surface area (Å²) in [6.07, 6.45) is 80.8. The molecule has 0 saturated carbocycles. The summed E-state index contributed by atoms with van der Waals surface area (Å²) in [5, 5.41) is 0. The third kappa shape index (κ3) is 57.0. The van der Waals surface area contributed by atoms with E-state index in [1.165, 1.54) is 96.3 Å². The van der Waals surface area contributed by atoms with E-state index in [0.29, 0.717) is 19.3 Å². The Balaban J connectivity index is 4.48. The molecule has 410 valence electrons. The molecule has 0 bridgehead atoms. The molecule has 0 aromatic carbocycles. The van der Waals surface area contributed by atoms with Crippen molar-refractivity contribution >= 4 is 17.9 Å². The highest BCUT2D eigenvalue weighted by Gasteiger charge is 2.19. The molecule has 1 atom stereocenters. The van der Waals surface area contributed by atoms with Gasteiger partial charge in [-0.3, -0.25) is 14.4 Å². The average Bonchev–Trinajstić information content (AvgIpc) is 3.38. The number of ether oxygens (including phenoxy) is 3. The molecule has 0 aliphatic carbocycles. The summed E-state index contributed by atoms with van der Waals surface area (Å²) in [7, 11) is 0. The lowest BCUT2D eigenvalue weighted by molar-refractivity contribution is -0.167. The zero-order chi connectivity index (χ0) is 52.2. The molecule has 0 radical (unpaired) electrons. The molecule has 6 heteroatoms. The molecule has 0 saturated heterocycles. The highest BCUT2D eigenvalue weighted by molar-refractivity contribution is 5.71. The lowest BCUT2D eigenvalue weighted by Crippen LogP contribution is -2.30. The van der Waals surface area contributed by atoms with E-state index in [-0.39, 0.29) is 31.1 Å². The Kier molecular flexibility index (Phi) is 56.4. The van der Waals surface area contributed by atoms with Crippen LogP contribution in [0.25, 0.3) is 0 Å². The third-order valence-corrected chi connectivity index (χ3v) is 12.5. The van der Waals surface area contributed by atoms with Gasteiger partial charge in [-0.15, -0.1) is 0 Å². The van der Waals surface area contributed by atoms with Crippen molar-refractivity contribution in [1.29, 1.82) is 0 Å². The van der Waals surface area contributed by atoms with Crippen LogP contribution < -0.4 is 0 Å². The number of allylic oxidation sites excluding steroid dienone is 18. The van der Waals surface area contributed by atoms with Gasteiger partial charge < -0.3 is 14.2 Å². The van der Waals surface area contributed by atoms with Crippen molar-refractivity contribution in [2.24, 2.45) is 0 Å². The summed E-state index contributed by atoms with van der Waals surface area (Å²) in [4.78, 5) is 38.2. The van der Waals surface area contributed by atoms with Gasteiger partial charge >= 0.3 is 17.9 Å². The highest BCUT2D eigenvalue weighted by Crippen LogP contribution is 2.16. The van der Waals surface area contributed by atoms with Gasteiger partial charge in [-0.25, -0.2) is 0 Å². The summed E-state index contributed by atoms with van der Waals surface area (Å²) < 4.78 is 16.9. The fourth-order valence-electron chi connectivity index (χ4n) is 8.11. The molecule has 1 unspecified atom stereocenters. The zero-order valence-corrected chi connectivity index (χ0v) is 46.9. The molecule has 0 aromatic rings. The minimum atomic E-state index is -0.801. The predicted molar refractivity (Wildman–Crippen MR) is 311 cm³/mol. The largest absolute Gasteiger partial charge is 0.462 e. The quantitative estimate of drug-likeness (QED) is 0.0261. The Bertz CT molecular complexity index is 1470. The van der Waals surface area contributed by atoms with Gasteiger partial charge in [-0.2, -0.15) is 0 Å². The minimum Gasteiger partial charge on any atom is -0.462 e. The first-order chi connectivity index (χ1) is 35.5. The molecule has 0 spiro atoms. The van der Waals surface area contributed by atoms with Gasteiger partial charge in [0.05, 0.1) is 0 Å². The fraction of sp³-hybridized carbons (Fsp3) is 0.682. The first-order valence-electron chi connectivity index (χ1n) is 29.9. The summed E-state index contributed by atoms with van der Waals surface area (Å²) >= 11 is 0. The van der Waals surface area contributed by atoms with E-state index in [1.807, 2.05) is 0 Å².